The fourth-order valence-electron chi connectivity index (χ4n) is 2.07. The Hall–Kier alpha value is -1.40. The highest BCUT2D eigenvalue weighted by molar-refractivity contribution is 7.08. The zero-order chi connectivity index (χ0) is 13.7. The van der Waals surface area contributed by atoms with E-state index in [1.54, 1.807) is 16.3 Å². The lowest BCUT2D eigenvalue weighted by Crippen LogP contribution is -2.51. The number of hydrogen-bond donors (Lipinski definition) is 1. The Morgan fingerprint density at radius 2 is 2.42 bits per heavy atom. The van der Waals surface area contributed by atoms with Crippen LogP contribution < -0.4 is 5.32 Å². The van der Waals surface area contributed by atoms with Crippen molar-refractivity contribution in [3.05, 3.63) is 22.4 Å². The van der Waals surface area contributed by atoms with Crippen molar-refractivity contribution in [2.45, 2.75) is 19.4 Å². The Bertz CT molecular complexity index is 433. The molecular weight excluding hydrogens is 264 g/mol. The molecule has 1 N–H and O–H groups in total. The zero-order valence-electron chi connectivity index (χ0n) is 10.9. The lowest BCUT2D eigenvalue weighted by molar-refractivity contribution is -0.138. The van der Waals surface area contributed by atoms with Crippen LogP contribution >= 0.6 is 11.3 Å². The highest BCUT2D eigenvalue weighted by Crippen LogP contribution is 2.10. The Balaban J connectivity index is 1.85. The van der Waals surface area contributed by atoms with Gasteiger partial charge >= 0.3 is 0 Å². The van der Waals surface area contributed by atoms with Crippen LogP contribution in [0.25, 0.3) is 0 Å². The third kappa shape index (κ3) is 3.54. The molecule has 1 saturated heterocycles. The lowest BCUT2D eigenvalue weighted by Gasteiger charge is -2.35. The van der Waals surface area contributed by atoms with Gasteiger partial charge in [-0.05, 0) is 17.9 Å². The van der Waals surface area contributed by atoms with E-state index in [4.69, 9.17) is 4.74 Å². The monoisotopic (exact) mass is 282 g/mol. The van der Waals surface area contributed by atoms with Gasteiger partial charge in [0.05, 0.1) is 25.8 Å². The molecule has 0 aliphatic carbocycles. The molecule has 19 heavy (non-hydrogen) atoms. The second kappa shape index (κ2) is 6.68. The summed E-state index contributed by atoms with van der Waals surface area (Å²) < 4.78 is 5.36. The molecule has 1 aliphatic heterocycles. The van der Waals surface area contributed by atoms with Crippen molar-refractivity contribution >= 4 is 23.2 Å². The van der Waals surface area contributed by atoms with E-state index in [-0.39, 0.29) is 24.4 Å². The predicted octanol–water partition coefficient (Wildman–Crippen LogP) is 1.12. The topological polar surface area (TPSA) is 58.6 Å². The number of ether oxygens (including phenoxy) is 1. The number of thiophene rings is 1. The Labute approximate surface area is 116 Å². The van der Waals surface area contributed by atoms with E-state index in [0.717, 1.165) is 6.42 Å². The summed E-state index contributed by atoms with van der Waals surface area (Å²) in [7, 11) is 0. The molecular formula is C13H18N2O3S. The average Bonchev–Trinajstić information content (AvgIpc) is 2.98. The van der Waals surface area contributed by atoms with Gasteiger partial charge in [0.2, 0.25) is 5.91 Å². The van der Waals surface area contributed by atoms with Gasteiger partial charge in [-0.1, -0.05) is 6.92 Å². The van der Waals surface area contributed by atoms with Crippen LogP contribution in [0, 0.1) is 0 Å². The molecule has 0 radical (unpaired) electrons. The number of nitrogens with one attached hydrogen (secondary N) is 1. The molecule has 2 heterocycles. The van der Waals surface area contributed by atoms with Crippen LogP contribution in [0.4, 0.5) is 0 Å². The zero-order valence-corrected chi connectivity index (χ0v) is 11.7. The number of rotatable bonds is 4. The lowest BCUT2D eigenvalue weighted by atomic mass is 10.1. The van der Waals surface area contributed by atoms with Gasteiger partial charge in [-0.2, -0.15) is 11.3 Å². The summed E-state index contributed by atoms with van der Waals surface area (Å²) in [4.78, 5) is 25.6. The van der Waals surface area contributed by atoms with Crippen molar-refractivity contribution < 1.29 is 14.3 Å². The number of nitrogens with zero attached hydrogens (tertiary/aromatic N) is 1. The number of carbonyl (C=O) groups excluding carboxylic acids is 2. The number of hydrogen-bond acceptors (Lipinski definition) is 4. The quantitative estimate of drug-likeness (QED) is 0.900. The van der Waals surface area contributed by atoms with Gasteiger partial charge in [-0.15, -0.1) is 0 Å². The Kier molecular flexibility index (Phi) is 4.93. The van der Waals surface area contributed by atoms with Gasteiger partial charge in [0.1, 0.15) is 0 Å². The van der Waals surface area contributed by atoms with E-state index in [2.05, 4.69) is 5.32 Å². The van der Waals surface area contributed by atoms with Crippen LogP contribution in [0.2, 0.25) is 0 Å². The molecule has 2 rings (SSSR count). The second-order valence-corrected chi connectivity index (χ2v) is 5.20. The molecule has 5 nitrogen and oxygen atoms in total. The summed E-state index contributed by atoms with van der Waals surface area (Å²) in [6.07, 6.45) is 0.865. The van der Waals surface area contributed by atoms with Crippen LogP contribution in [-0.4, -0.2) is 49.1 Å². The summed E-state index contributed by atoms with van der Waals surface area (Å²) in [5.41, 5.74) is 0.604. The third-order valence-electron chi connectivity index (χ3n) is 3.20. The molecule has 6 heteroatoms. The first-order valence-corrected chi connectivity index (χ1v) is 7.34. The van der Waals surface area contributed by atoms with E-state index in [0.29, 0.717) is 25.3 Å². The summed E-state index contributed by atoms with van der Waals surface area (Å²) in [5, 5.41) is 6.27. The van der Waals surface area contributed by atoms with Gasteiger partial charge in [0, 0.05) is 17.5 Å². The van der Waals surface area contributed by atoms with E-state index in [9.17, 15) is 9.59 Å². The van der Waals surface area contributed by atoms with Gasteiger partial charge in [0.15, 0.2) is 0 Å². The minimum Gasteiger partial charge on any atom is -0.377 e. The van der Waals surface area contributed by atoms with Crippen LogP contribution in [-0.2, 0) is 9.53 Å². The smallest absolute Gasteiger partial charge is 0.252 e. The average molecular weight is 282 g/mol. The van der Waals surface area contributed by atoms with Gasteiger partial charge in [0.25, 0.3) is 5.91 Å². The fourth-order valence-corrected chi connectivity index (χ4v) is 2.71. The summed E-state index contributed by atoms with van der Waals surface area (Å²) in [6, 6.07) is 1.87. The standard InChI is InChI=1S/C13H18N2O3S/c1-2-11-8-18-5-4-15(11)12(16)7-14-13(17)10-3-6-19-9-10/h3,6,9,11H,2,4-5,7-8H2,1H3,(H,14,17)/t11-/m1/s1. The molecule has 1 aromatic rings. The van der Waals surface area contributed by atoms with Crippen molar-refractivity contribution in [3.63, 3.8) is 0 Å². The largest absolute Gasteiger partial charge is 0.377 e. The summed E-state index contributed by atoms with van der Waals surface area (Å²) in [6.45, 7) is 3.84. The molecule has 1 aromatic heterocycles. The number of amides is 2. The molecule has 0 aromatic carbocycles. The van der Waals surface area contributed by atoms with Gasteiger partial charge in [-0.25, -0.2) is 0 Å². The Morgan fingerprint density at radius 1 is 1.58 bits per heavy atom. The minimum absolute atomic E-state index is 0.0428. The van der Waals surface area contributed by atoms with Gasteiger partial charge in [-0.3, -0.25) is 9.59 Å². The number of morpholine rings is 1. The molecule has 1 atom stereocenters. The summed E-state index contributed by atoms with van der Waals surface area (Å²) in [5.74, 6) is -0.241. The summed E-state index contributed by atoms with van der Waals surface area (Å²) >= 11 is 1.46. The SMILES string of the molecule is CC[C@@H]1COCCN1C(=O)CNC(=O)c1ccsc1. The molecule has 0 spiro atoms. The van der Waals surface area contributed by atoms with Crippen LogP contribution in [0.15, 0.2) is 16.8 Å². The molecule has 0 unspecified atom stereocenters. The predicted molar refractivity (Wildman–Crippen MR) is 73.3 cm³/mol. The molecule has 1 fully saturated rings. The maximum Gasteiger partial charge on any atom is 0.252 e. The van der Waals surface area contributed by atoms with Crippen LogP contribution in [0.3, 0.4) is 0 Å². The van der Waals surface area contributed by atoms with E-state index in [1.807, 2.05) is 12.3 Å². The van der Waals surface area contributed by atoms with Crippen molar-refractivity contribution in [3.8, 4) is 0 Å². The van der Waals surface area contributed by atoms with Crippen LogP contribution in [0.1, 0.15) is 23.7 Å². The normalized spacial score (nSPS) is 19.2. The van der Waals surface area contributed by atoms with Crippen molar-refractivity contribution in [2.75, 3.05) is 26.3 Å². The van der Waals surface area contributed by atoms with E-state index in [1.165, 1.54) is 11.3 Å². The first-order valence-electron chi connectivity index (χ1n) is 6.40. The van der Waals surface area contributed by atoms with Crippen molar-refractivity contribution in [1.82, 2.24) is 10.2 Å². The van der Waals surface area contributed by atoms with E-state index < -0.39 is 0 Å². The minimum atomic E-state index is -0.198. The first kappa shape index (κ1) is 14.0. The molecule has 1 aliphatic rings. The molecule has 0 bridgehead atoms. The molecule has 104 valence electrons. The maximum atomic E-state index is 12.1. The first-order chi connectivity index (χ1) is 9.22. The van der Waals surface area contributed by atoms with Crippen molar-refractivity contribution in [2.24, 2.45) is 0 Å². The molecule has 0 saturated carbocycles. The fraction of sp³-hybridized carbons (Fsp3) is 0.538. The van der Waals surface area contributed by atoms with E-state index >= 15 is 0 Å². The van der Waals surface area contributed by atoms with Gasteiger partial charge < -0.3 is 15.0 Å². The van der Waals surface area contributed by atoms with Crippen molar-refractivity contribution in [1.29, 1.82) is 0 Å². The van der Waals surface area contributed by atoms with Crippen LogP contribution in [0.5, 0.6) is 0 Å². The molecule has 2 amide bonds. The number of carbonyl (C=O) groups is 2. The Morgan fingerprint density at radius 3 is 3.11 bits per heavy atom. The second-order valence-electron chi connectivity index (χ2n) is 4.42. The third-order valence-corrected chi connectivity index (χ3v) is 3.89. The maximum absolute atomic E-state index is 12.1. The highest BCUT2D eigenvalue weighted by atomic mass is 32.1. The highest BCUT2D eigenvalue weighted by Gasteiger charge is 2.25.